The van der Waals surface area contributed by atoms with Crippen molar-refractivity contribution in [2.45, 2.75) is 136 Å². The van der Waals surface area contributed by atoms with E-state index in [1.807, 2.05) is 46.8 Å². The number of likely N-dealkylation sites (tertiary alicyclic amines) is 1. The number of phenols is 1. The van der Waals surface area contributed by atoms with Crippen molar-refractivity contribution in [1.82, 2.24) is 10.2 Å². The van der Waals surface area contributed by atoms with Crippen molar-refractivity contribution in [2.24, 2.45) is 11.8 Å². The summed E-state index contributed by atoms with van der Waals surface area (Å²) in [5, 5.41) is 15.1. The predicted molar refractivity (Wildman–Crippen MR) is 210 cm³/mol. The maximum absolute atomic E-state index is 15.0. The molecule has 9 heteroatoms. The van der Waals surface area contributed by atoms with Crippen LogP contribution >= 0.6 is 0 Å². The van der Waals surface area contributed by atoms with Crippen molar-refractivity contribution in [3.63, 3.8) is 0 Å². The van der Waals surface area contributed by atoms with E-state index in [9.17, 15) is 14.7 Å². The second-order valence-corrected chi connectivity index (χ2v) is 17.6. The van der Waals surface area contributed by atoms with Crippen LogP contribution in [0.1, 0.15) is 122 Å². The molecule has 0 aromatic heterocycles. The maximum atomic E-state index is 15.0. The van der Waals surface area contributed by atoms with Crippen LogP contribution < -0.4 is 14.8 Å². The zero-order chi connectivity index (χ0) is 39.0. The van der Waals surface area contributed by atoms with Crippen LogP contribution in [0, 0.1) is 11.8 Å². The number of benzene rings is 1. The molecule has 290 valence electrons. The lowest BCUT2D eigenvalue weighted by atomic mass is 9.51. The topological polar surface area (TPSA) is 114 Å². The Balaban J connectivity index is 1.32. The molecule has 7 aliphatic rings. The molecule has 0 radical (unpaired) electrons. The molecule has 1 saturated carbocycles. The molecule has 54 heavy (non-hydrogen) atoms. The van der Waals surface area contributed by atoms with Crippen LogP contribution in [0.2, 0.25) is 0 Å². The third kappa shape index (κ3) is 5.92. The van der Waals surface area contributed by atoms with Crippen LogP contribution in [0.5, 0.6) is 17.2 Å². The van der Waals surface area contributed by atoms with Crippen LogP contribution in [0.25, 0.3) is 6.08 Å². The smallest absolute Gasteiger partial charge is 0.246 e. The summed E-state index contributed by atoms with van der Waals surface area (Å²) < 4.78 is 21.1. The van der Waals surface area contributed by atoms with Crippen LogP contribution in [0.15, 0.2) is 52.7 Å². The first-order valence-corrected chi connectivity index (χ1v) is 19.9. The summed E-state index contributed by atoms with van der Waals surface area (Å²) in [7, 11) is 0. The number of Topliss-reactive ketones (excluding diaryl/α,β-unsaturated/α-hetero) is 2. The number of hydrogen-bond donors (Lipinski definition) is 2. The Kier molecular flexibility index (Phi) is 9.70. The van der Waals surface area contributed by atoms with Gasteiger partial charge in [-0.1, -0.05) is 42.4 Å². The van der Waals surface area contributed by atoms with Crippen molar-refractivity contribution >= 4 is 23.5 Å². The molecule has 8 rings (SSSR count). The number of likely N-dealkylation sites (N-methyl/N-ethyl adjacent to an activating group) is 1. The third-order valence-electron chi connectivity index (χ3n) is 12.9. The highest BCUT2D eigenvalue weighted by Crippen LogP contribution is 2.68. The van der Waals surface area contributed by atoms with Gasteiger partial charge in [-0.15, -0.1) is 0 Å². The lowest BCUT2D eigenvalue weighted by Gasteiger charge is -2.56. The Morgan fingerprint density at radius 2 is 1.78 bits per heavy atom. The molecule has 1 aromatic carbocycles. The summed E-state index contributed by atoms with van der Waals surface area (Å²) in [6.45, 7) is 20.6. The van der Waals surface area contributed by atoms with E-state index in [4.69, 9.17) is 14.2 Å². The molecule has 4 bridgehead atoms. The van der Waals surface area contributed by atoms with Gasteiger partial charge in [-0.25, -0.2) is 0 Å². The number of allylic oxidation sites excluding steroid dienone is 5. The summed E-state index contributed by atoms with van der Waals surface area (Å²) in [5.74, 6) is -1.05. The molecule has 6 unspecified atom stereocenters. The fraction of sp³-hybridized carbons (Fsp3) is 0.578. The highest BCUT2D eigenvalue weighted by molar-refractivity contribution is 6.19. The van der Waals surface area contributed by atoms with Crippen LogP contribution in [0.4, 0.5) is 0 Å². The van der Waals surface area contributed by atoms with Crippen molar-refractivity contribution in [2.75, 3.05) is 19.6 Å². The number of carbonyl (C=O) groups is 3. The average molecular weight is 739 g/mol. The highest BCUT2D eigenvalue weighted by Gasteiger charge is 2.81. The minimum Gasteiger partial charge on any atom is -0.506 e. The number of carbonyl (C=O) groups excluding carboxylic acids is 3. The van der Waals surface area contributed by atoms with E-state index in [0.717, 1.165) is 37.9 Å². The molecule has 1 spiro atoms. The van der Waals surface area contributed by atoms with E-state index >= 15 is 4.79 Å². The predicted octanol–water partition coefficient (Wildman–Crippen LogP) is 7.76. The lowest BCUT2D eigenvalue weighted by molar-refractivity contribution is -0.171. The number of phenolic OH excluding ortho intramolecular Hbond substituents is 1. The van der Waals surface area contributed by atoms with E-state index in [0.29, 0.717) is 59.9 Å². The highest BCUT2D eigenvalue weighted by atomic mass is 16.6. The molecule has 4 heterocycles. The fourth-order valence-electron chi connectivity index (χ4n) is 10.1. The molecule has 1 amide bonds. The van der Waals surface area contributed by atoms with Crippen molar-refractivity contribution in [3.05, 3.63) is 69.4 Å². The first-order chi connectivity index (χ1) is 25.5. The molecule has 1 aromatic rings. The normalized spacial score (nSPS) is 31.5. The Morgan fingerprint density at radius 3 is 2.48 bits per heavy atom. The molecular weight excluding hydrogens is 681 g/mol. The number of hydrogen-bond acceptors (Lipinski definition) is 8. The maximum Gasteiger partial charge on any atom is 0.246 e. The van der Waals surface area contributed by atoms with E-state index in [1.165, 1.54) is 5.57 Å². The molecule has 9 nitrogen and oxygen atoms in total. The first-order valence-electron chi connectivity index (χ1n) is 19.9. The zero-order valence-corrected chi connectivity index (χ0v) is 33.6. The number of nitrogens with zero attached hydrogens (tertiary/aromatic N) is 1. The second-order valence-electron chi connectivity index (χ2n) is 17.6. The largest absolute Gasteiger partial charge is 0.506 e. The summed E-state index contributed by atoms with van der Waals surface area (Å²) in [6, 6.07) is 0.312. The molecule has 6 atom stereocenters. The Hall–Kier alpha value is -3.95. The number of ether oxygens (including phenoxy) is 3. The monoisotopic (exact) mass is 738 g/mol. The van der Waals surface area contributed by atoms with Crippen molar-refractivity contribution in [1.29, 1.82) is 0 Å². The molecule has 3 aliphatic carbocycles. The van der Waals surface area contributed by atoms with Crippen LogP contribution in [0.3, 0.4) is 0 Å². The van der Waals surface area contributed by atoms with Gasteiger partial charge in [0.2, 0.25) is 5.91 Å². The molecule has 2 saturated heterocycles. The minimum atomic E-state index is -1.56. The van der Waals surface area contributed by atoms with Gasteiger partial charge >= 0.3 is 0 Å². The van der Waals surface area contributed by atoms with Crippen molar-refractivity contribution in [3.8, 4) is 17.2 Å². The average Bonchev–Trinajstić information content (AvgIpc) is 3.63. The number of fused-ring (bicyclic) bond motifs is 2. The standard InChI is InChI=1S/C45H58N2O7/c1-10-47-22-12-14-30(47)25-46-41(51)28(6)17-21-44-40(50)29-23-33-37(49)35-36(48)31-18-20-43(9,19-11-13-26(2)3)52-38(31)32(16-15-27(4)5)39(35)53-45(33,44)34(24-29)42(7,8)54-44/h13,15,17-18,20,23,29-30,34,48H,10-12,14,16,19,21-22,24-25H2,1-9H3,(H,46,51). The third-order valence-corrected chi connectivity index (χ3v) is 12.9. The Morgan fingerprint density at radius 1 is 1.04 bits per heavy atom. The van der Waals surface area contributed by atoms with Crippen LogP contribution in [-0.4, -0.2) is 75.6 Å². The zero-order valence-electron chi connectivity index (χ0n) is 33.6. The quantitative estimate of drug-likeness (QED) is 0.175. The van der Waals surface area contributed by atoms with Gasteiger partial charge < -0.3 is 24.6 Å². The molecule has 4 aliphatic heterocycles. The molecule has 2 N–H and O–H groups in total. The molecule has 3 fully saturated rings. The van der Waals surface area contributed by atoms with Gasteiger partial charge in [0.15, 0.2) is 22.8 Å². The van der Waals surface area contributed by atoms with Gasteiger partial charge in [0.05, 0.1) is 11.2 Å². The van der Waals surface area contributed by atoms with Gasteiger partial charge in [-0.3, -0.25) is 19.3 Å². The minimum absolute atomic E-state index is 0.0634. The van der Waals surface area contributed by atoms with Gasteiger partial charge in [0, 0.05) is 47.6 Å². The summed E-state index contributed by atoms with van der Waals surface area (Å²) in [5.41, 5.74) is -0.185. The molecular formula is C45H58N2O7. The number of amides is 1. The first kappa shape index (κ1) is 38.3. The lowest BCUT2D eigenvalue weighted by Crippen LogP contribution is -2.72. The summed E-state index contributed by atoms with van der Waals surface area (Å²) in [6.07, 6.45) is 16.3. The van der Waals surface area contributed by atoms with Crippen LogP contribution in [-0.2, 0) is 20.7 Å². The van der Waals surface area contributed by atoms with Crippen molar-refractivity contribution < 1.29 is 33.7 Å². The Bertz CT molecular complexity index is 1940. The van der Waals surface area contributed by atoms with Gasteiger partial charge in [0.25, 0.3) is 0 Å². The summed E-state index contributed by atoms with van der Waals surface area (Å²) >= 11 is 0. The second kappa shape index (κ2) is 13.7. The van der Waals surface area contributed by atoms with E-state index in [2.05, 4.69) is 43.1 Å². The number of aromatic hydroxyl groups is 1. The van der Waals surface area contributed by atoms with E-state index in [-0.39, 0.29) is 46.9 Å². The summed E-state index contributed by atoms with van der Waals surface area (Å²) in [4.78, 5) is 45.6. The van der Waals surface area contributed by atoms with Gasteiger partial charge in [-0.05, 0) is 119 Å². The van der Waals surface area contributed by atoms with Gasteiger partial charge in [-0.2, -0.15) is 0 Å². The van der Waals surface area contributed by atoms with Gasteiger partial charge in [0.1, 0.15) is 28.4 Å². The van der Waals surface area contributed by atoms with E-state index in [1.54, 1.807) is 19.1 Å². The number of ketones is 2. The SMILES string of the molecule is CCN1CCCC1CNC(=O)C(C)=CCC12OC(C)(C)C3CC(C=C4C(=O)c5c(O)c6c(c(CC=C(C)C)c5OC431)OC(C)(CCC=C(C)C)C=C6)C2=O. The Labute approximate surface area is 320 Å². The van der Waals surface area contributed by atoms with E-state index < -0.39 is 28.3 Å². The number of nitrogens with one attached hydrogen (secondary N) is 1. The fourth-order valence-corrected chi connectivity index (χ4v) is 10.1. The number of rotatable bonds is 11.